The van der Waals surface area contributed by atoms with E-state index in [0.29, 0.717) is 24.7 Å². The van der Waals surface area contributed by atoms with Gasteiger partial charge in [-0.2, -0.15) is 0 Å². The van der Waals surface area contributed by atoms with Gasteiger partial charge in [0.25, 0.3) is 0 Å². The SMILES string of the molecule is COc1ccc(CNc2nonc2NCc2ccc(OC)cc2)cc1. The highest BCUT2D eigenvalue weighted by Gasteiger charge is 2.09. The number of nitrogens with zero attached hydrogens (tertiary/aromatic N) is 2. The molecular weight excluding hydrogens is 320 g/mol. The van der Waals surface area contributed by atoms with Crippen LogP contribution < -0.4 is 20.1 Å². The summed E-state index contributed by atoms with van der Waals surface area (Å²) in [6.07, 6.45) is 0. The molecule has 7 nitrogen and oxygen atoms in total. The van der Waals surface area contributed by atoms with Crippen LogP contribution in [-0.4, -0.2) is 24.5 Å². The minimum atomic E-state index is 0.573. The van der Waals surface area contributed by atoms with Crippen LogP contribution >= 0.6 is 0 Å². The predicted molar refractivity (Wildman–Crippen MR) is 94.9 cm³/mol. The average molecular weight is 340 g/mol. The molecule has 0 bridgehead atoms. The first kappa shape index (κ1) is 16.6. The Morgan fingerprint density at radius 1 is 0.720 bits per heavy atom. The lowest BCUT2D eigenvalue weighted by Crippen LogP contribution is -2.05. The van der Waals surface area contributed by atoms with Gasteiger partial charge in [0.1, 0.15) is 11.5 Å². The van der Waals surface area contributed by atoms with Crippen molar-refractivity contribution < 1.29 is 14.1 Å². The van der Waals surface area contributed by atoms with Gasteiger partial charge in [-0.05, 0) is 45.7 Å². The molecule has 0 saturated carbocycles. The van der Waals surface area contributed by atoms with E-state index >= 15 is 0 Å². The van der Waals surface area contributed by atoms with Gasteiger partial charge in [-0.15, -0.1) is 0 Å². The van der Waals surface area contributed by atoms with Crippen molar-refractivity contribution in [2.75, 3.05) is 24.9 Å². The standard InChI is InChI=1S/C18H20N4O3/c1-23-15-7-3-13(4-8-15)11-19-17-18(22-25-21-17)20-12-14-5-9-16(24-2)10-6-14/h3-10H,11-12H2,1-2H3,(H,19,21)(H,20,22). The smallest absolute Gasteiger partial charge is 0.215 e. The molecule has 0 saturated heterocycles. The van der Waals surface area contributed by atoms with E-state index in [1.54, 1.807) is 14.2 Å². The van der Waals surface area contributed by atoms with E-state index in [-0.39, 0.29) is 0 Å². The number of benzene rings is 2. The fourth-order valence-electron chi connectivity index (χ4n) is 2.28. The monoisotopic (exact) mass is 340 g/mol. The van der Waals surface area contributed by atoms with Crippen LogP contribution in [0.4, 0.5) is 11.6 Å². The molecule has 0 unspecified atom stereocenters. The lowest BCUT2D eigenvalue weighted by molar-refractivity contribution is 0.310. The summed E-state index contributed by atoms with van der Waals surface area (Å²) in [6.45, 7) is 1.21. The van der Waals surface area contributed by atoms with E-state index < -0.39 is 0 Å². The number of aromatic nitrogens is 2. The third-order valence-corrected chi connectivity index (χ3v) is 3.73. The van der Waals surface area contributed by atoms with Crippen LogP contribution in [0, 0.1) is 0 Å². The van der Waals surface area contributed by atoms with E-state index in [1.165, 1.54) is 0 Å². The number of anilines is 2. The van der Waals surface area contributed by atoms with Crippen LogP contribution in [0.3, 0.4) is 0 Å². The lowest BCUT2D eigenvalue weighted by Gasteiger charge is -2.07. The second-order valence-corrected chi connectivity index (χ2v) is 5.36. The van der Waals surface area contributed by atoms with Crippen LogP contribution in [0.2, 0.25) is 0 Å². The fraction of sp³-hybridized carbons (Fsp3) is 0.222. The normalized spacial score (nSPS) is 10.3. The molecule has 0 amide bonds. The largest absolute Gasteiger partial charge is 0.497 e. The lowest BCUT2D eigenvalue weighted by atomic mass is 10.2. The molecule has 0 fully saturated rings. The van der Waals surface area contributed by atoms with Crippen molar-refractivity contribution >= 4 is 11.6 Å². The maximum atomic E-state index is 5.15. The molecule has 2 N–H and O–H groups in total. The Morgan fingerprint density at radius 2 is 1.12 bits per heavy atom. The molecule has 0 aliphatic rings. The number of nitrogens with one attached hydrogen (secondary N) is 2. The Bertz CT molecular complexity index is 719. The van der Waals surface area contributed by atoms with E-state index in [9.17, 15) is 0 Å². The minimum absolute atomic E-state index is 0.573. The number of methoxy groups -OCH3 is 2. The van der Waals surface area contributed by atoms with Gasteiger partial charge in [0, 0.05) is 13.1 Å². The first-order valence-corrected chi connectivity index (χ1v) is 7.84. The van der Waals surface area contributed by atoms with Crippen LogP contribution in [0.15, 0.2) is 53.2 Å². The minimum Gasteiger partial charge on any atom is -0.497 e. The molecule has 7 heteroatoms. The van der Waals surface area contributed by atoms with Crippen molar-refractivity contribution in [3.05, 3.63) is 59.7 Å². The molecule has 0 spiro atoms. The van der Waals surface area contributed by atoms with Gasteiger partial charge < -0.3 is 20.1 Å². The van der Waals surface area contributed by atoms with Gasteiger partial charge in [0.05, 0.1) is 14.2 Å². The molecule has 0 radical (unpaired) electrons. The topological polar surface area (TPSA) is 81.4 Å². The van der Waals surface area contributed by atoms with Crippen molar-refractivity contribution in [2.45, 2.75) is 13.1 Å². The van der Waals surface area contributed by atoms with Gasteiger partial charge in [-0.3, -0.25) is 0 Å². The van der Waals surface area contributed by atoms with Crippen LogP contribution in [0.1, 0.15) is 11.1 Å². The molecule has 130 valence electrons. The molecule has 3 rings (SSSR count). The number of ether oxygens (including phenoxy) is 2. The van der Waals surface area contributed by atoms with Crippen molar-refractivity contribution in [3.8, 4) is 11.5 Å². The molecule has 0 atom stereocenters. The maximum absolute atomic E-state index is 5.15. The Kier molecular flexibility index (Phi) is 5.36. The van der Waals surface area contributed by atoms with Crippen molar-refractivity contribution in [2.24, 2.45) is 0 Å². The van der Waals surface area contributed by atoms with Gasteiger partial charge in [0.2, 0.25) is 11.6 Å². The Balaban J connectivity index is 1.56. The zero-order chi connectivity index (χ0) is 17.5. The van der Waals surface area contributed by atoms with Crippen LogP contribution in [0.25, 0.3) is 0 Å². The van der Waals surface area contributed by atoms with Gasteiger partial charge in [-0.25, -0.2) is 4.63 Å². The third kappa shape index (κ3) is 4.41. The highest BCUT2D eigenvalue weighted by atomic mass is 16.6. The number of hydrogen-bond acceptors (Lipinski definition) is 7. The van der Waals surface area contributed by atoms with Gasteiger partial charge in [0.15, 0.2) is 0 Å². The molecule has 0 aliphatic heterocycles. The summed E-state index contributed by atoms with van der Waals surface area (Å²) in [4.78, 5) is 0. The summed E-state index contributed by atoms with van der Waals surface area (Å²) in [6, 6.07) is 15.6. The van der Waals surface area contributed by atoms with Crippen molar-refractivity contribution in [3.63, 3.8) is 0 Å². The Hall–Kier alpha value is -3.22. The molecular formula is C18H20N4O3. The first-order chi connectivity index (χ1) is 12.3. The summed E-state index contributed by atoms with van der Waals surface area (Å²) >= 11 is 0. The Morgan fingerprint density at radius 3 is 1.48 bits per heavy atom. The quantitative estimate of drug-likeness (QED) is 0.651. The van der Waals surface area contributed by atoms with Gasteiger partial charge >= 0.3 is 0 Å². The Labute approximate surface area is 145 Å². The second kappa shape index (κ2) is 8.05. The van der Waals surface area contributed by atoms with Crippen LogP contribution in [-0.2, 0) is 13.1 Å². The molecule has 2 aromatic carbocycles. The number of hydrogen-bond donors (Lipinski definition) is 2. The summed E-state index contributed by atoms with van der Waals surface area (Å²) in [5, 5.41) is 14.2. The summed E-state index contributed by atoms with van der Waals surface area (Å²) < 4.78 is 15.1. The van der Waals surface area contributed by atoms with E-state index in [4.69, 9.17) is 14.1 Å². The van der Waals surface area contributed by atoms with E-state index in [0.717, 1.165) is 22.6 Å². The van der Waals surface area contributed by atoms with Crippen molar-refractivity contribution in [1.29, 1.82) is 0 Å². The summed E-state index contributed by atoms with van der Waals surface area (Å²) in [7, 11) is 3.30. The van der Waals surface area contributed by atoms with Crippen molar-refractivity contribution in [1.82, 2.24) is 10.3 Å². The van der Waals surface area contributed by atoms with Gasteiger partial charge in [-0.1, -0.05) is 24.3 Å². The summed E-state index contributed by atoms with van der Waals surface area (Å²) in [5.41, 5.74) is 2.20. The zero-order valence-corrected chi connectivity index (χ0v) is 14.2. The molecule has 0 aliphatic carbocycles. The zero-order valence-electron chi connectivity index (χ0n) is 14.2. The summed E-state index contributed by atoms with van der Waals surface area (Å²) in [5.74, 6) is 2.80. The third-order valence-electron chi connectivity index (χ3n) is 3.73. The molecule has 3 aromatic rings. The highest BCUT2D eigenvalue weighted by molar-refractivity contribution is 5.58. The van der Waals surface area contributed by atoms with Crippen LogP contribution in [0.5, 0.6) is 11.5 Å². The molecule has 25 heavy (non-hydrogen) atoms. The fourth-order valence-corrected chi connectivity index (χ4v) is 2.28. The molecule has 1 heterocycles. The predicted octanol–water partition coefficient (Wildman–Crippen LogP) is 3.31. The first-order valence-electron chi connectivity index (χ1n) is 7.84. The average Bonchev–Trinajstić information content (AvgIpc) is 3.13. The van der Waals surface area contributed by atoms with E-state index in [2.05, 4.69) is 20.9 Å². The highest BCUT2D eigenvalue weighted by Crippen LogP contribution is 2.19. The second-order valence-electron chi connectivity index (χ2n) is 5.36. The maximum Gasteiger partial charge on any atom is 0.215 e. The number of rotatable bonds is 8. The van der Waals surface area contributed by atoms with E-state index in [1.807, 2.05) is 48.5 Å². The molecule has 1 aromatic heterocycles.